The van der Waals surface area contributed by atoms with Crippen LogP contribution < -0.4 is 3.72 Å². The van der Waals surface area contributed by atoms with Crippen molar-refractivity contribution < 1.29 is 10.3 Å². The molecule has 1 N–H and O–H groups in total. The van der Waals surface area contributed by atoms with E-state index in [1.54, 1.807) is 0 Å². The van der Waals surface area contributed by atoms with Gasteiger partial charge in [-0.15, -0.1) is 0 Å². The Morgan fingerprint density at radius 2 is 1.19 bits per heavy atom. The Hall–Kier alpha value is 2.38. The van der Waals surface area contributed by atoms with Gasteiger partial charge in [-0.3, -0.25) is 0 Å². The van der Waals surface area contributed by atoms with E-state index < -0.39 is 45.2 Å². The quantitative estimate of drug-likeness (QED) is 0.473. The Morgan fingerprint density at radius 1 is 0.875 bits per heavy atom. The van der Waals surface area contributed by atoms with Crippen LogP contribution in [-0.2, 0) is 10.3 Å². The molecule has 0 radical (unpaired) electrons. The number of nitrogens with one attached hydrogen (secondary N) is 1. The van der Waals surface area contributed by atoms with Crippen LogP contribution in [0.3, 0.4) is 0 Å². The van der Waals surface area contributed by atoms with E-state index in [1.807, 2.05) is 0 Å². The van der Waals surface area contributed by atoms with E-state index in [4.69, 9.17) is 0 Å². The Kier molecular flexibility index (Phi) is 8.31. The van der Waals surface area contributed by atoms with Gasteiger partial charge in [0.2, 0.25) is 0 Å². The monoisotopic (exact) mass is 582 g/mol. The molecule has 99 valence electrons. The second-order valence-corrected chi connectivity index (χ2v) is 133. The van der Waals surface area contributed by atoms with Gasteiger partial charge in [-0.05, 0) is 0 Å². The first-order valence-corrected chi connectivity index (χ1v) is 43.6. The topological polar surface area (TPSA) is 12.0 Å². The molecular formula is C11H30As3NTa. The molecular weight excluding hydrogens is 552 g/mol. The Balaban J connectivity index is 5.21. The summed E-state index contributed by atoms with van der Waals surface area (Å²) in [5.74, 6) is 0. The van der Waals surface area contributed by atoms with Crippen LogP contribution in [0.1, 0.15) is 27.2 Å². The van der Waals surface area contributed by atoms with Crippen molar-refractivity contribution in [3.8, 4) is 0 Å². The van der Waals surface area contributed by atoms with E-state index in [2.05, 4.69) is 58.8 Å². The van der Waals surface area contributed by atoms with Crippen molar-refractivity contribution in [3.05, 3.63) is 0 Å². The SMILES string of the molecule is CCC(C)(C)[NH][Ta]([As](C)C)([As](C)C)[As](C)C. The van der Waals surface area contributed by atoms with Gasteiger partial charge in [0.15, 0.2) is 0 Å². The molecule has 0 heterocycles. The van der Waals surface area contributed by atoms with Crippen molar-refractivity contribution in [3.63, 3.8) is 0 Å². The Labute approximate surface area is 114 Å². The van der Waals surface area contributed by atoms with Crippen LogP contribution in [0.15, 0.2) is 0 Å². The molecule has 0 aliphatic rings. The molecule has 16 heavy (non-hydrogen) atoms. The van der Waals surface area contributed by atoms with Crippen LogP contribution in [0.5, 0.6) is 0 Å². The van der Waals surface area contributed by atoms with Crippen LogP contribution >= 0.6 is 0 Å². The molecule has 0 amide bonds. The maximum absolute atomic E-state index is 4.36. The summed E-state index contributed by atoms with van der Waals surface area (Å²) in [6.45, 7) is 7.22. The summed E-state index contributed by atoms with van der Waals surface area (Å²) >= 11 is -1.46. The predicted molar refractivity (Wildman–Crippen MR) is 80.0 cm³/mol. The molecule has 5 heteroatoms. The van der Waals surface area contributed by atoms with E-state index >= 15 is 0 Å². The molecule has 0 bridgehead atoms. The summed E-state index contributed by atoms with van der Waals surface area (Å²) in [6, 6.07) is 0. The first kappa shape index (κ1) is 18.4. The molecule has 0 saturated carbocycles. The van der Waals surface area contributed by atoms with Gasteiger partial charge < -0.3 is 0 Å². The predicted octanol–water partition coefficient (Wildman–Crippen LogP) is 3.59. The summed E-state index contributed by atoms with van der Waals surface area (Å²) < 4.78 is 4.36. The molecule has 0 unspecified atom stereocenters. The fraction of sp³-hybridized carbons (Fsp3) is 1.00. The van der Waals surface area contributed by atoms with Crippen LogP contribution in [0.2, 0.25) is 34.3 Å². The van der Waals surface area contributed by atoms with Crippen LogP contribution in [-0.4, -0.2) is 40.5 Å². The first-order valence-electron chi connectivity index (χ1n) is 5.82. The van der Waals surface area contributed by atoms with Crippen LogP contribution in [0, 0.1) is 0 Å². The summed E-state index contributed by atoms with van der Waals surface area (Å²) in [5, 5.41) is 0. The van der Waals surface area contributed by atoms with Gasteiger partial charge in [-0.1, -0.05) is 0 Å². The average Bonchev–Trinajstić information content (AvgIpc) is 2.12. The van der Waals surface area contributed by atoms with Crippen molar-refractivity contribution in [1.82, 2.24) is 3.72 Å². The fourth-order valence-electron chi connectivity index (χ4n) is 1.86. The summed E-state index contributed by atoms with van der Waals surface area (Å²) in [5.41, 5.74) is 16.4. The number of hydrogen-bond acceptors (Lipinski definition) is 1. The Bertz CT molecular complexity index is 196. The molecule has 0 aliphatic heterocycles. The summed E-state index contributed by atoms with van der Waals surface area (Å²) in [4.78, 5) is 0. The third-order valence-corrected chi connectivity index (χ3v) is 272. The molecule has 1 nitrogen and oxygen atoms in total. The number of rotatable bonds is 6. The van der Waals surface area contributed by atoms with E-state index in [-0.39, 0.29) is 0 Å². The molecule has 0 aromatic heterocycles. The van der Waals surface area contributed by atoms with Crippen molar-refractivity contribution in [2.24, 2.45) is 0 Å². The van der Waals surface area contributed by atoms with Crippen molar-refractivity contribution in [2.45, 2.75) is 67.0 Å². The van der Waals surface area contributed by atoms with Gasteiger partial charge in [0.05, 0.1) is 0 Å². The first-order chi connectivity index (χ1) is 7.10. The number of hydrogen-bond donors (Lipinski definition) is 1. The molecule has 0 fully saturated rings. The second kappa shape index (κ2) is 7.24. The minimum absolute atomic E-state index is 0.426. The van der Waals surface area contributed by atoms with E-state index in [0.717, 1.165) is 0 Å². The normalized spacial score (nSPS) is 14.2. The minimum atomic E-state index is -1.91. The van der Waals surface area contributed by atoms with Crippen molar-refractivity contribution in [1.29, 1.82) is 0 Å². The molecule has 0 aromatic rings. The van der Waals surface area contributed by atoms with E-state index in [9.17, 15) is 0 Å². The summed E-state index contributed by atoms with van der Waals surface area (Å²) in [7, 11) is -1.91. The molecule has 0 aliphatic carbocycles. The fourth-order valence-corrected chi connectivity index (χ4v) is 268. The standard InChI is InChI=1S/C5H12N.3C2H6As.Ta/c1-4-5(2,3)6;3*1-3-2;/h6H,4H2,1-3H3;3*1-2H3;/q4*-1;+4. The molecule has 0 saturated heterocycles. The van der Waals surface area contributed by atoms with Gasteiger partial charge in [-0.25, -0.2) is 0 Å². The second-order valence-electron chi connectivity index (χ2n) is 5.46. The Morgan fingerprint density at radius 3 is 1.38 bits per heavy atom. The van der Waals surface area contributed by atoms with Gasteiger partial charge in [-0.2, -0.15) is 0 Å². The van der Waals surface area contributed by atoms with Gasteiger partial charge in [0.25, 0.3) is 0 Å². The van der Waals surface area contributed by atoms with Gasteiger partial charge in [0, 0.05) is 0 Å². The molecule has 0 spiro atoms. The molecule has 0 atom stereocenters. The maximum atomic E-state index is 4.36. The zero-order valence-electron chi connectivity index (χ0n) is 12.5. The zero-order valence-corrected chi connectivity index (χ0v) is 21.3. The zero-order chi connectivity index (χ0) is 13.1. The van der Waals surface area contributed by atoms with E-state index in [0.29, 0.717) is 5.54 Å². The van der Waals surface area contributed by atoms with Crippen LogP contribution in [0.25, 0.3) is 0 Å². The van der Waals surface area contributed by atoms with Crippen LogP contribution in [0.4, 0.5) is 0 Å². The van der Waals surface area contributed by atoms with E-state index in [1.165, 1.54) is 6.42 Å². The van der Waals surface area contributed by atoms with Gasteiger partial charge >= 0.3 is 116 Å². The third kappa shape index (κ3) is 4.49. The van der Waals surface area contributed by atoms with Gasteiger partial charge in [0.1, 0.15) is 0 Å². The third-order valence-electron chi connectivity index (χ3n) is 3.01. The van der Waals surface area contributed by atoms with Crippen molar-refractivity contribution >= 4 is 34.9 Å². The van der Waals surface area contributed by atoms with Crippen molar-refractivity contribution in [2.75, 3.05) is 0 Å². The molecule has 0 aromatic carbocycles. The average molecular weight is 582 g/mol. The summed E-state index contributed by atoms with van der Waals surface area (Å²) in [6.07, 6.45) is 1.29. The molecule has 0 rings (SSSR count).